The monoisotopic (exact) mass is 354 g/mol. The topological polar surface area (TPSA) is 25.4 Å². The van der Waals surface area contributed by atoms with Crippen molar-refractivity contribution in [3.63, 3.8) is 0 Å². The first kappa shape index (κ1) is 17.7. The lowest BCUT2D eigenvalue weighted by atomic mass is 10.1. The van der Waals surface area contributed by atoms with Crippen LogP contribution in [-0.4, -0.2) is 30.8 Å². The van der Waals surface area contributed by atoms with Gasteiger partial charge in [0.2, 0.25) is 11.6 Å². The number of benzene rings is 1. The Bertz CT molecular complexity index is 693. The predicted molar refractivity (Wildman–Crippen MR) is 85.4 cm³/mol. The SMILES string of the molecule is Fc1nc(F)c(F)c(N2CCC(OCCc3ccccc3)CC2)c1F. The van der Waals surface area contributed by atoms with Crippen LogP contribution in [0.5, 0.6) is 0 Å². The van der Waals surface area contributed by atoms with E-state index in [2.05, 4.69) is 4.98 Å². The normalized spacial score (nSPS) is 15.6. The predicted octanol–water partition coefficient (Wildman–Crippen LogP) is 3.87. The van der Waals surface area contributed by atoms with E-state index in [1.54, 1.807) is 0 Å². The quantitative estimate of drug-likeness (QED) is 0.602. The third-order valence-corrected chi connectivity index (χ3v) is 4.32. The van der Waals surface area contributed by atoms with Gasteiger partial charge < -0.3 is 9.64 Å². The molecule has 0 saturated carbocycles. The summed E-state index contributed by atoms with van der Waals surface area (Å²) < 4.78 is 59.9. The first-order chi connectivity index (χ1) is 12.1. The van der Waals surface area contributed by atoms with Crippen LogP contribution in [0.3, 0.4) is 0 Å². The van der Waals surface area contributed by atoms with Gasteiger partial charge in [0.05, 0.1) is 12.7 Å². The van der Waals surface area contributed by atoms with Crippen LogP contribution >= 0.6 is 0 Å². The van der Waals surface area contributed by atoms with E-state index in [1.807, 2.05) is 30.3 Å². The Morgan fingerprint density at radius 2 is 1.56 bits per heavy atom. The molecule has 0 atom stereocenters. The molecule has 134 valence electrons. The maximum Gasteiger partial charge on any atom is 0.253 e. The van der Waals surface area contributed by atoms with Crippen molar-refractivity contribution in [2.24, 2.45) is 0 Å². The summed E-state index contributed by atoms with van der Waals surface area (Å²) in [5, 5.41) is 0. The molecule has 25 heavy (non-hydrogen) atoms. The fourth-order valence-corrected chi connectivity index (χ4v) is 2.99. The van der Waals surface area contributed by atoms with Gasteiger partial charge in [0.1, 0.15) is 5.69 Å². The van der Waals surface area contributed by atoms with Crippen molar-refractivity contribution in [1.29, 1.82) is 0 Å². The smallest absolute Gasteiger partial charge is 0.253 e. The molecule has 1 saturated heterocycles. The van der Waals surface area contributed by atoms with E-state index in [0.717, 1.165) is 6.42 Å². The minimum atomic E-state index is -1.63. The number of aromatic nitrogens is 1. The highest BCUT2D eigenvalue weighted by atomic mass is 19.2. The molecular weight excluding hydrogens is 336 g/mol. The van der Waals surface area contributed by atoms with E-state index in [-0.39, 0.29) is 19.2 Å². The molecule has 2 aromatic rings. The zero-order valence-electron chi connectivity index (χ0n) is 13.5. The van der Waals surface area contributed by atoms with Crippen molar-refractivity contribution in [1.82, 2.24) is 4.98 Å². The third kappa shape index (κ3) is 4.10. The second-order valence-electron chi connectivity index (χ2n) is 5.96. The Balaban J connectivity index is 1.54. The Morgan fingerprint density at radius 3 is 2.16 bits per heavy atom. The summed E-state index contributed by atoms with van der Waals surface area (Å²) in [7, 11) is 0. The van der Waals surface area contributed by atoms with E-state index in [4.69, 9.17) is 4.74 Å². The Morgan fingerprint density at radius 1 is 0.960 bits per heavy atom. The first-order valence-electron chi connectivity index (χ1n) is 8.16. The summed E-state index contributed by atoms with van der Waals surface area (Å²) in [6.07, 6.45) is 1.80. The fourth-order valence-electron chi connectivity index (χ4n) is 2.99. The van der Waals surface area contributed by atoms with Crippen LogP contribution in [0.15, 0.2) is 30.3 Å². The number of hydrogen-bond acceptors (Lipinski definition) is 3. The average molecular weight is 354 g/mol. The lowest BCUT2D eigenvalue weighted by Gasteiger charge is -2.33. The van der Waals surface area contributed by atoms with Crippen LogP contribution in [0.25, 0.3) is 0 Å². The maximum absolute atomic E-state index is 13.8. The minimum Gasteiger partial charge on any atom is -0.378 e. The highest BCUT2D eigenvalue weighted by Crippen LogP contribution is 2.29. The summed E-state index contributed by atoms with van der Waals surface area (Å²) >= 11 is 0. The van der Waals surface area contributed by atoms with Gasteiger partial charge in [-0.25, -0.2) is 0 Å². The van der Waals surface area contributed by atoms with Crippen molar-refractivity contribution in [3.8, 4) is 0 Å². The molecule has 0 N–H and O–H groups in total. The van der Waals surface area contributed by atoms with Crippen LogP contribution < -0.4 is 4.90 Å². The van der Waals surface area contributed by atoms with Crippen molar-refractivity contribution in [2.45, 2.75) is 25.4 Å². The van der Waals surface area contributed by atoms with Crippen molar-refractivity contribution in [2.75, 3.05) is 24.6 Å². The minimum absolute atomic E-state index is 0.0392. The number of nitrogens with zero attached hydrogens (tertiary/aromatic N) is 2. The highest BCUT2D eigenvalue weighted by molar-refractivity contribution is 5.48. The third-order valence-electron chi connectivity index (χ3n) is 4.32. The van der Waals surface area contributed by atoms with Gasteiger partial charge in [0.15, 0.2) is 0 Å². The average Bonchev–Trinajstić information content (AvgIpc) is 2.62. The molecule has 1 aromatic heterocycles. The molecule has 0 aliphatic carbocycles. The number of halogens is 4. The molecule has 0 amide bonds. The summed E-state index contributed by atoms with van der Waals surface area (Å²) in [5.74, 6) is -6.17. The lowest BCUT2D eigenvalue weighted by molar-refractivity contribution is 0.0388. The standard InChI is InChI=1S/C18H18F4N2O/c19-14-16(15(20)18(22)23-17(14)21)24-9-6-13(7-10-24)25-11-8-12-4-2-1-3-5-12/h1-5,13H,6-11H2. The van der Waals surface area contributed by atoms with Crippen LogP contribution in [0.4, 0.5) is 23.2 Å². The van der Waals surface area contributed by atoms with E-state index < -0.39 is 29.2 Å². The van der Waals surface area contributed by atoms with Crippen LogP contribution in [0.2, 0.25) is 0 Å². The second kappa shape index (κ2) is 7.82. The molecular formula is C18H18F4N2O. The summed E-state index contributed by atoms with van der Waals surface area (Å²) in [6.45, 7) is 1.06. The van der Waals surface area contributed by atoms with E-state index in [0.29, 0.717) is 19.4 Å². The zero-order chi connectivity index (χ0) is 17.8. The maximum atomic E-state index is 13.8. The first-order valence-corrected chi connectivity index (χ1v) is 8.16. The molecule has 7 heteroatoms. The molecule has 0 unspecified atom stereocenters. The van der Waals surface area contributed by atoms with Gasteiger partial charge in [-0.15, -0.1) is 0 Å². The molecule has 0 bridgehead atoms. The zero-order valence-corrected chi connectivity index (χ0v) is 13.5. The molecule has 3 nitrogen and oxygen atoms in total. The molecule has 1 fully saturated rings. The van der Waals surface area contributed by atoms with Gasteiger partial charge in [-0.1, -0.05) is 30.3 Å². The largest absolute Gasteiger partial charge is 0.378 e. The molecule has 2 heterocycles. The van der Waals surface area contributed by atoms with Gasteiger partial charge in [0.25, 0.3) is 11.9 Å². The summed E-state index contributed by atoms with van der Waals surface area (Å²) in [6, 6.07) is 9.91. The summed E-state index contributed by atoms with van der Waals surface area (Å²) in [4.78, 5) is 3.88. The number of piperidine rings is 1. The van der Waals surface area contributed by atoms with Crippen LogP contribution in [0.1, 0.15) is 18.4 Å². The van der Waals surface area contributed by atoms with Crippen molar-refractivity contribution < 1.29 is 22.3 Å². The summed E-state index contributed by atoms with van der Waals surface area (Å²) in [5.41, 5.74) is 0.486. The highest BCUT2D eigenvalue weighted by Gasteiger charge is 2.28. The molecule has 0 spiro atoms. The van der Waals surface area contributed by atoms with Crippen LogP contribution in [-0.2, 0) is 11.2 Å². The van der Waals surface area contributed by atoms with E-state index in [9.17, 15) is 17.6 Å². The molecule has 1 aliphatic heterocycles. The van der Waals surface area contributed by atoms with E-state index >= 15 is 0 Å². The van der Waals surface area contributed by atoms with E-state index in [1.165, 1.54) is 10.5 Å². The Kier molecular flexibility index (Phi) is 5.53. The van der Waals surface area contributed by atoms with Gasteiger partial charge in [-0.3, -0.25) is 0 Å². The van der Waals surface area contributed by atoms with Crippen molar-refractivity contribution >= 4 is 5.69 Å². The molecule has 0 radical (unpaired) electrons. The Hall–Kier alpha value is -2.15. The van der Waals surface area contributed by atoms with Crippen LogP contribution in [0, 0.1) is 23.5 Å². The van der Waals surface area contributed by atoms with Gasteiger partial charge in [0, 0.05) is 13.1 Å². The van der Waals surface area contributed by atoms with Gasteiger partial charge in [-0.05, 0) is 24.8 Å². The molecule has 1 aliphatic rings. The number of anilines is 1. The van der Waals surface area contributed by atoms with Crippen molar-refractivity contribution in [3.05, 3.63) is 59.4 Å². The number of ether oxygens (including phenoxy) is 1. The van der Waals surface area contributed by atoms with Gasteiger partial charge in [-0.2, -0.15) is 22.5 Å². The fraction of sp³-hybridized carbons (Fsp3) is 0.389. The number of pyridine rings is 1. The number of hydrogen-bond donors (Lipinski definition) is 0. The second-order valence-corrected chi connectivity index (χ2v) is 5.96. The lowest BCUT2D eigenvalue weighted by Crippen LogP contribution is -2.38. The molecule has 1 aromatic carbocycles. The molecule has 3 rings (SSSR count). The number of rotatable bonds is 5. The van der Waals surface area contributed by atoms with Gasteiger partial charge >= 0.3 is 0 Å². The Labute approximate surface area is 143 Å².